The van der Waals surface area contributed by atoms with E-state index in [1.807, 2.05) is 25.1 Å². The molecule has 2 heteroatoms. The van der Waals surface area contributed by atoms with E-state index in [2.05, 4.69) is 6.92 Å². The first-order valence-electron chi connectivity index (χ1n) is 4.73. The van der Waals surface area contributed by atoms with E-state index in [-0.39, 0.29) is 0 Å². The maximum Gasteiger partial charge on any atom is 0.122 e. The molecule has 0 unspecified atom stereocenters. The van der Waals surface area contributed by atoms with Crippen LogP contribution in [0.25, 0.3) is 0 Å². The highest BCUT2D eigenvalue weighted by Gasteiger charge is 1.97. The number of hydrogen-bond acceptors (Lipinski definition) is 1. The van der Waals surface area contributed by atoms with Gasteiger partial charge in [-0.15, -0.1) is 0 Å². The Morgan fingerprint density at radius 1 is 1.38 bits per heavy atom. The average molecular weight is 174 g/mol. The fourth-order valence-corrected chi connectivity index (χ4v) is 1.16. The Balaban J connectivity index is 2.56. The molecule has 1 nitrogen and oxygen atoms in total. The Morgan fingerprint density at radius 2 is 2.15 bits per heavy atom. The molecule has 1 rings (SSSR count). The smallest absolute Gasteiger partial charge is 0.122 e. The Kier molecular flexibility index (Phi) is 3.87. The summed E-state index contributed by atoms with van der Waals surface area (Å²) >= 11 is 0. The van der Waals surface area contributed by atoms with E-state index in [1.54, 1.807) is 0 Å². The second kappa shape index (κ2) is 4.95. The zero-order chi connectivity index (χ0) is 9.68. The molecule has 13 heavy (non-hydrogen) atoms. The van der Waals surface area contributed by atoms with Gasteiger partial charge in [0.1, 0.15) is 13.6 Å². The molecule has 0 aliphatic carbocycles. The molecule has 0 saturated carbocycles. The number of aryl methyl sites for hydroxylation is 1. The van der Waals surface area contributed by atoms with Gasteiger partial charge in [0.25, 0.3) is 0 Å². The van der Waals surface area contributed by atoms with Crippen LogP contribution in [0, 0.1) is 6.92 Å². The molecule has 0 fully saturated rings. The molecule has 0 bridgehead atoms. The Bertz CT molecular complexity index is 271. The van der Waals surface area contributed by atoms with Crippen molar-refractivity contribution < 1.29 is 4.74 Å². The van der Waals surface area contributed by atoms with Crippen LogP contribution in [-0.2, 0) is 0 Å². The second-order valence-corrected chi connectivity index (χ2v) is 3.23. The first-order valence-corrected chi connectivity index (χ1v) is 4.73. The summed E-state index contributed by atoms with van der Waals surface area (Å²) in [6, 6.07) is 5.73. The van der Waals surface area contributed by atoms with Gasteiger partial charge in [0.15, 0.2) is 0 Å². The van der Waals surface area contributed by atoms with Crippen molar-refractivity contribution in [3.8, 4) is 5.75 Å². The number of rotatable bonds is 4. The van der Waals surface area contributed by atoms with Gasteiger partial charge in [-0.2, -0.15) is 0 Å². The van der Waals surface area contributed by atoms with Crippen LogP contribution in [0.15, 0.2) is 18.2 Å². The number of benzene rings is 1. The van der Waals surface area contributed by atoms with Gasteiger partial charge in [-0.05, 0) is 25.0 Å². The fourth-order valence-electron chi connectivity index (χ4n) is 1.16. The molecule has 0 spiro atoms. The quantitative estimate of drug-likeness (QED) is 0.500. The molecule has 1 aromatic carbocycles. The van der Waals surface area contributed by atoms with Crippen molar-refractivity contribution in [1.29, 1.82) is 0 Å². The van der Waals surface area contributed by atoms with Gasteiger partial charge in [0.05, 0.1) is 6.61 Å². The zero-order valence-electron chi connectivity index (χ0n) is 8.34. The molecule has 0 atom stereocenters. The maximum absolute atomic E-state index is 5.63. The van der Waals surface area contributed by atoms with E-state index in [9.17, 15) is 0 Å². The van der Waals surface area contributed by atoms with Crippen LogP contribution in [0.3, 0.4) is 0 Å². The van der Waals surface area contributed by atoms with Gasteiger partial charge in [-0.1, -0.05) is 30.9 Å². The molecular formula is C11H15BO. The normalized spacial score (nSPS) is 10.0. The largest absolute Gasteiger partial charge is 0.493 e. The highest BCUT2D eigenvalue weighted by atomic mass is 16.5. The van der Waals surface area contributed by atoms with Crippen LogP contribution in [0.5, 0.6) is 5.75 Å². The van der Waals surface area contributed by atoms with Crippen molar-refractivity contribution in [2.45, 2.75) is 26.7 Å². The molecule has 0 N–H and O–H groups in total. The maximum atomic E-state index is 5.63. The van der Waals surface area contributed by atoms with Crippen molar-refractivity contribution in [3.05, 3.63) is 23.8 Å². The van der Waals surface area contributed by atoms with Crippen LogP contribution in [0.2, 0.25) is 0 Å². The fraction of sp³-hybridized carbons (Fsp3) is 0.455. The number of unbranched alkanes of at least 4 members (excludes halogenated alkanes) is 1. The molecule has 0 aliphatic heterocycles. The summed E-state index contributed by atoms with van der Waals surface area (Å²) in [6.07, 6.45) is 2.26. The summed E-state index contributed by atoms with van der Waals surface area (Å²) in [5.41, 5.74) is 1.90. The lowest BCUT2D eigenvalue weighted by Gasteiger charge is -2.08. The third-order valence-corrected chi connectivity index (χ3v) is 1.95. The summed E-state index contributed by atoms with van der Waals surface area (Å²) in [5, 5.41) is 0. The predicted molar refractivity (Wildman–Crippen MR) is 57.0 cm³/mol. The van der Waals surface area contributed by atoms with Crippen LogP contribution in [-0.4, -0.2) is 14.5 Å². The minimum absolute atomic E-state index is 0.792. The minimum atomic E-state index is 0.792. The Hall–Kier alpha value is -0.915. The number of hydrogen-bond donors (Lipinski definition) is 0. The summed E-state index contributed by atoms with van der Waals surface area (Å²) < 4.78 is 5.58. The van der Waals surface area contributed by atoms with E-state index >= 15 is 0 Å². The van der Waals surface area contributed by atoms with Crippen molar-refractivity contribution in [3.63, 3.8) is 0 Å². The molecule has 0 saturated heterocycles. The lowest BCUT2D eigenvalue weighted by atomic mass is 9.94. The van der Waals surface area contributed by atoms with Crippen LogP contribution in [0.1, 0.15) is 25.3 Å². The molecule has 0 amide bonds. The summed E-state index contributed by atoms with van der Waals surface area (Å²) in [6.45, 7) is 4.96. The summed E-state index contributed by atoms with van der Waals surface area (Å²) in [4.78, 5) is 0. The minimum Gasteiger partial charge on any atom is -0.493 e. The van der Waals surface area contributed by atoms with Gasteiger partial charge in [0.2, 0.25) is 0 Å². The van der Waals surface area contributed by atoms with Gasteiger partial charge in [-0.25, -0.2) is 0 Å². The lowest BCUT2D eigenvalue weighted by molar-refractivity contribution is 0.307. The second-order valence-electron chi connectivity index (χ2n) is 3.23. The summed E-state index contributed by atoms with van der Waals surface area (Å²) in [5.74, 6) is 0.947. The Labute approximate surface area is 81.5 Å². The zero-order valence-corrected chi connectivity index (χ0v) is 8.34. The highest BCUT2D eigenvalue weighted by Crippen LogP contribution is 2.15. The van der Waals surface area contributed by atoms with Crippen LogP contribution < -0.4 is 10.2 Å². The molecule has 1 aromatic rings. The van der Waals surface area contributed by atoms with E-state index in [0.717, 1.165) is 36.2 Å². The average Bonchev–Trinajstić information content (AvgIpc) is 2.09. The van der Waals surface area contributed by atoms with E-state index in [4.69, 9.17) is 12.6 Å². The summed E-state index contributed by atoms with van der Waals surface area (Å²) in [7, 11) is 5.63. The van der Waals surface area contributed by atoms with Crippen LogP contribution in [0.4, 0.5) is 0 Å². The van der Waals surface area contributed by atoms with Crippen molar-refractivity contribution in [1.82, 2.24) is 0 Å². The molecular weight excluding hydrogens is 159 g/mol. The Morgan fingerprint density at radius 3 is 2.77 bits per heavy atom. The third kappa shape index (κ3) is 3.13. The number of ether oxygens (including phenoxy) is 1. The third-order valence-electron chi connectivity index (χ3n) is 1.95. The first kappa shape index (κ1) is 10.2. The van der Waals surface area contributed by atoms with E-state index in [1.165, 1.54) is 0 Å². The SMILES string of the molecule is [B]c1ccc(OCCCC)c(C)c1. The topological polar surface area (TPSA) is 9.23 Å². The molecule has 0 heterocycles. The van der Waals surface area contributed by atoms with Crippen molar-refractivity contribution in [2.75, 3.05) is 6.61 Å². The van der Waals surface area contributed by atoms with Gasteiger partial charge < -0.3 is 4.74 Å². The molecule has 68 valence electrons. The lowest BCUT2D eigenvalue weighted by Crippen LogP contribution is -2.04. The molecule has 0 aromatic heterocycles. The van der Waals surface area contributed by atoms with Crippen molar-refractivity contribution in [2.24, 2.45) is 0 Å². The van der Waals surface area contributed by atoms with Crippen molar-refractivity contribution >= 4 is 13.3 Å². The molecule has 0 aliphatic rings. The van der Waals surface area contributed by atoms with Gasteiger partial charge in [-0.3, -0.25) is 0 Å². The highest BCUT2D eigenvalue weighted by molar-refractivity contribution is 6.32. The monoisotopic (exact) mass is 174 g/mol. The standard InChI is InChI=1S/C11H15BO/c1-3-4-7-13-11-6-5-10(12)8-9(11)2/h5-6,8H,3-4,7H2,1-2H3. The van der Waals surface area contributed by atoms with E-state index < -0.39 is 0 Å². The van der Waals surface area contributed by atoms with Gasteiger partial charge >= 0.3 is 0 Å². The first-order chi connectivity index (χ1) is 6.24. The molecule has 2 radical (unpaired) electrons. The van der Waals surface area contributed by atoms with Crippen LogP contribution >= 0.6 is 0 Å². The van der Waals surface area contributed by atoms with Gasteiger partial charge in [0, 0.05) is 0 Å². The predicted octanol–water partition coefficient (Wildman–Crippen LogP) is 1.97. The van der Waals surface area contributed by atoms with E-state index in [0.29, 0.717) is 0 Å².